The predicted molar refractivity (Wildman–Crippen MR) is 336 cm³/mol. The van der Waals surface area contributed by atoms with Crippen molar-refractivity contribution in [1.29, 1.82) is 0 Å². The van der Waals surface area contributed by atoms with E-state index < -0.39 is 114 Å². The Bertz CT molecular complexity index is 2580. The molecule has 2 aliphatic heterocycles. The molecule has 1 aromatic carbocycles. The SMILES string of the molecule is CC[C@H](C)[C@@H]([C@@H](CC(=O)N1CCC[C@H]1[C@H](OC)[C@@H](C)C(=O)C[C@@H](Cc1ccccc1)C(=O)NC)OC)N(C)C(=O)[C@@H](NC(=O)[C@H](C(C)C)N(C)C(=O)CNC(=O)[C@H](CCCNC(N)=O)CC(=O)[C@@H](NC(=O)CCCCCN1C(=O)C=CC1=O)C(C)C)C(C)C. The van der Waals surface area contributed by atoms with Gasteiger partial charge in [-0.25, -0.2) is 4.79 Å². The number of nitrogens with zero attached hydrogens (tertiary/aromatic N) is 4. The third-order valence-corrected chi connectivity index (χ3v) is 17.5. The average molecular weight is 1250 g/mol. The number of amides is 11. The third kappa shape index (κ3) is 23.0. The van der Waals surface area contributed by atoms with Gasteiger partial charge in [0, 0.05) is 104 Å². The van der Waals surface area contributed by atoms with Gasteiger partial charge in [0.2, 0.25) is 41.4 Å². The van der Waals surface area contributed by atoms with Crippen LogP contribution in [0.1, 0.15) is 145 Å². The molecule has 1 saturated heterocycles. The molecular weight excluding hydrogens is 1140 g/mol. The molecule has 0 aromatic heterocycles. The van der Waals surface area contributed by atoms with Crippen molar-refractivity contribution in [2.24, 2.45) is 47.2 Å². The van der Waals surface area contributed by atoms with Crippen LogP contribution in [0.3, 0.4) is 0 Å². The first kappa shape index (κ1) is 76.2. The number of rotatable bonds is 40. The molecule has 24 nitrogen and oxygen atoms in total. The second kappa shape index (κ2) is 37.8. The van der Waals surface area contributed by atoms with E-state index in [1.54, 1.807) is 67.5 Å². The molecule has 1 fully saturated rings. The van der Waals surface area contributed by atoms with E-state index >= 15 is 0 Å². The fourth-order valence-electron chi connectivity index (χ4n) is 12.1. The number of ether oxygens (including phenoxy) is 2. The number of hydrogen-bond donors (Lipinski definition) is 6. The first-order valence-corrected chi connectivity index (χ1v) is 31.7. The highest BCUT2D eigenvalue weighted by molar-refractivity contribution is 6.12. The number of likely N-dealkylation sites (tertiary alicyclic amines) is 1. The van der Waals surface area contributed by atoms with Gasteiger partial charge in [0.05, 0.1) is 43.3 Å². The Morgan fingerprint density at radius 1 is 0.708 bits per heavy atom. The van der Waals surface area contributed by atoms with Crippen molar-refractivity contribution < 1.29 is 67.0 Å². The molecule has 0 radical (unpaired) electrons. The first-order chi connectivity index (χ1) is 42.0. The van der Waals surface area contributed by atoms with Crippen LogP contribution in [-0.4, -0.2) is 194 Å². The van der Waals surface area contributed by atoms with E-state index in [0.717, 1.165) is 10.5 Å². The molecular formula is C65H104N10O14. The lowest BCUT2D eigenvalue weighted by Gasteiger charge is -2.41. The van der Waals surface area contributed by atoms with Gasteiger partial charge in [0.1, 0.15) is 17.9 Å². The van der Waals surface area contributed by atoms with Gasteiger partial charge in [-0.1, -0.05) is 105 Å². The standard InChI is InChI=1S/C65H104N10O14/c1-15-42(8)59(50(88-13)37-54(81)74-33-23-27-47(74)60(89-14)43(9)48(76)36-46(61(83)67-10)34-44-24-18-16-19-25-44)73(12)64(86)57(40(4)5)71-63(85)58(41(6)7)72(11)55(82)38-69-62(84)45(26-22-31-68-65(66)87)35-49(77)56(39(2)3)70-51(78)28-20-17-21-32-75-52(79)29-30-53(75)80/h16,18-19,24-25,29-30,39-43,45-47,50,56-60H,15,17,20-23,26-28,31-38H2,1-14H3,(H,67,83)(H,69,84)(H,70,78)(H,71,85)(H3,66,68,87)/t42-,43-,45+,46+,47-,50+,56-,57-,58-,59-,60+/m0/s1. The van der Waals surface area contributed by atoms with Crippen LogP contribution in [0.5, 0.6) is 0 Å². The number of methoxy groups -OCH3 is 2. The molecule has 2 aliphatic rings. The molecule has 1 aromatic rings. The smallest absolute Gasteiger partial charge is 0.312 e. The molecule has 498 valence electrons. The zero-order valence-corrected chi connectivity index (χ0v) is 55.2. The van der Waals surface area contributed by atoms with Crippen molar-refractivity contribution in [1.82, 2.24) is 46.2 Å². The van der Waals surface area contributed by atoms with Crippen LogP contribution in [0.15, 0.2) is 42.5 Å². The number of carbonyl (C=O) groups excluding carboxylic acids is 12. The Morgan fingerprint density at radius 3 is 1.90 bits per heavy atom. The van der Waals surface area contributed by atoms with Crippen LogP contribution in [0.25, 0.3) is 0 Å². The number of primary amides is 1. The van der Waals surface area contributed by atoms with E-state index in [1.165, 1.54) is 43.2 Å². The minimum absolute atomic E-state index is 0.00965. The fraction of sp³-hybridized carbons (Fsp3) is 0.692. The van der Waals surface area contributed by atoms with Crippen LogP contribution in [0, 0.1) is 41.4 Å². The van der Waals surface area contributed by atoms with Gasteiger partial charge in [-0.05, 0) is 74.2 Å². The Kier molecular flexibility index (Phi) is 32.4. The molecule has 0 bridgehead atoms. The maximum absolute atomic E-state index is 14.9. The summed E-state index contributed by atoms with van der Waals surface area (Å²) in [5.41, 5.74) is 6.19. The summed E-state index contributed by atoms with van der Waals surface area (Å²) < 4.78 is 12.1. The topological polar surface area (TPSA) is 322 Å². The molecule has 0 spiro atoms. The number of urea groups is 1. The van der Waals surface area contributed by atoms with E-state index in [2.05, 4.69) is 26.6 Å². The highest BCUT2D eigenvalue weighted by atomic mass is 16.5. The molecule has 89 heavy (non-hydrogen) atoms. The van der Waals surface area contributed by atoms with Gasteiger partial charge in [-0.3, -0.25) is 57.6 Å². The molecule has 11 amide bonds. The van der Waals surface area contributed by atoms with E-state index in [0.29, 0.717) is 51.5 Å². The zero-order chi connectivity index (χ0) is 66.8. The van der Waals surface area contributed by atoms with Gasteiger partial charge in [0.15, 0.2) is 5.78 Å². The van der Waals surface area contributed by atoms with Gasteiger partial charge in [-0.15, -0.1) is 0 Å². The number of unbranched alkanes of at least 4 members (excludes halogenated alkanes) is 2. The maximum atomic E-state index is 14.9. The Labute approximate surface area is 527 Å². The Hall–Kier alpha value is -7.08. The summed E-state index contributed by atoms with van der Waals surface area (Å²) >= 11 is 0. The van der Waals surface area contributed by atoms with Crippen LogP contribution >= 0.6 is 0 Å². The van der Waals surface area contributed by atoms with Crippen molar-refractivity contribution in [3.05, 3.63) is 48.0 Å². The highest BCUT2D eigenvalue weighted by Crippen LogP contribution is 2.31. The molecule has 0 saturated carbocycles. The van der Waals surface area contributed by atoms with Crippen molar-refractivity contribution >= 4 is 70.8 Å². The van der Waals surface area contributed by atoms with Crippen LogP contribution in [0.4, 0.5) is 4.79 Å². The number of Topliss-reactive ketones (excluding diaryl/α,β-unsaturated/α-hetero) is 2. The second-order valence-corrected chi connectivity index (χ2v) is 25.0. The van der Waals surface area contributed by atoms with Crippen molar-refractivity contribution in [2.75, 3.05) is 61.5 Å². The minimum Gasteiger partial charge on any atom is -0.379 e. The lowest BCUT2D eigenvalue weighted by molar-refractivity contribution is -0.148. The lowest BCUT2D eigenvalue weighted by Crippen LogP contribution is -2.60. The first-order valence-electron chi connectivity index (χ1n) is 31.7. The third-order valence-electron chi connectivity index (χ3n) is 17.5. The van der Waals surface area contributed by atoms with E-state index in [-0.39, 0.29) is 98.8 Å². The average Bonchev–Trinajstić information content (AvgIpc) is 2.40. The van der Waals surface area contributed by atoms with E-state index in [1.807, 2.05) is 44.2 Å². The minimum atomic E-state index is -1.12. The van der Waals surface area contributed by atoms with Crippen LogP contribution in [-0.2, 0) is 68.6 Å². The predicted octanol–water partition coefficient (Wildman–Crippen LogP) is 3.86. The number of ketones is 2. The van der Waals surface area contributed by atoms with Crippen LogP contribution < -0.4 is 32.3 Å². The molecule has 3 rings (SSSR count). The number of carbonyl (C=O) groups is 12. The second-order valence-electron chi connectivity index (χ2n) is 25.0. The van der Waals surface area contributed by atoms with Gasteiger partial charge in [0.25, 0.3) is 11.8 Å². The summed E-state index contributed by atoms with van der Waals surface area (Å²) in [7, 11) is 7.60. The number of nitrogens with two attached hydrogens (primary N) is 1. The van der Waals surface area contributed by atoms with Gasteiger partial charge < -0.3 is 56.5 Å². The van der Waals surface area contributed by atoms with E-state index in [9.17, 15) is 57.5 Å². The van der Waals surface area contributed by atoms with Crippen molar-refractivity contribution in [2.45, 2.75) is 188 Å². The van der Waals surface area contributed by atoms with Gasteiger partial charge in [-0.2, -0.15) is 0 Å². The molecule has 24 heteroatoms. The molecule has 2 heterocycles. The summed E-state index contributed by atoms with van der Waals surface area (Å²) in [6.45, 7) is 16.4. The van der Waals surface area contributed by atoms with Gasteiger partial charge >= 0.3 is 6.03 Å². The largest absolute Gasteiger partial charge is 0.379 e. The van der Waals surface area contributed by atoms with E-state index in [4.69, 9.17) is 15.2 Å². The summed E-state index contributed by atoms with van der Waals surface area (Å²) in [6, 6.07) is 4.46. The van der Waals surface area contributed by atoms with Crippen molar-refractivity contribution in [3.8, 4) is 0 Å². The zero-order valence-electron chi connectivity index (χ0n) is 55.2. The summed E-state index contributed by atoms with van der Waals surface area (Å²) in [6.07, 6.45) is 4.68. The number of likely N-dealkylation sites (N-methyl/N-ethyl adjacent to an activating group) is 2. The normalized spacial score (nSPS) is 17.4. The monoisotopic (exact) mass is 1250 g/mol. The lowest BCUT2D eigenvalue weighted by atomic mass is 9.85. The Morgan fingerprint density at radius 2 is 1.34 bits per heavy atom. The van der Waals surface area contributed by atoms with Crippen LogP contribution in [0.2, 0.25) is 0 Å². The summed E-state index contributed by atoms with van der Waals surface area (Å²) in [5, 5.41) is 13.5. The summed E-state index contributed by atoms with van der Waals surface area (Å²) in [4.78, 5) is 167. The number of nitrogens with one attached hydrogen (secondary N) is 5. The molecule has 0 aliphatic carbocycles. The fourth-order valence-corrected chi connectivity index (χ4v) is 12.1. The summed E-state index contributed by atoms with van der Waals surface area (Å²) in [5.74, 6) is -8.30. The molecule has 7 N–H and O–H groups in total. The quantitative estimate of drug-likeness (QED) is 0.0402. The number of benzene rings is 1. The maximum Gasteiger partial charge on any atom is 0.312 e. The molecule has 11 atom stereocenters. The number of hydrogen-bond acceptors (Lipinski definition) is 14. The molecule has 0 unspecified atom stereocenters. The number of imide groups is 1. The highest BCUT2D eigenvalue weighted by Gasteiger charge is 2.44. The van der Waals surface area contributed by atoms with Crippen molar-refractivity contribution in [3.63, 3.8) is 0 Å². The Balaban J connectivity index is 1.73.